The fourth-order valence-electron chi connectivity index (χ4n) is 3.22. The first-order chi connectivity index (χ1) is 12.0. The first-order valence-electron chi connectivity index (χ1n) is 9.27. The second-order valence-electron chi connectivity index (χ2n) is 6.64. The summed E-state index contributed by atoms with van der Waals surface area (Å²) in [7, 11) is 0. The van der Waals surface area contributed by atoms with Gasteiger partial charge in [-0.2, -0.15) is 0 Å². The lowest BCUT2D eigenvalue weighted by Gasteiger charge is -2.22. The van der Waals surface area contributed by atoms with E-state index in [1.165, 1.54) is 0 Å². The van der Waals surface area contributed by atoms with E-state index in [0.717, 1.165) is 36.4 Å². The van der Waals surface area contributed by atoms with Gasteiger partial charge in [0.15, 0.2) is 0 Å². The van der Waals surface area contributed by atoms with E-state index in [1.54, 1.807) is 0 Å². The summed E-state index contributed by atoms with van der Waals surface area (Å²) in [5, 5.41) is 0. The molecule has 1 saturated heterocycles. The number of para-hydroxylation sites is 1. The molecule has 0 spiro atoms. The Morgan fingerprint density at radius 2 is 1.60 bits per heavy atom. The van der Waals surface area contributed by atoms with Gasteiger partial charge in [-0.1, -0.05) is 25.1 Å². The van der Waals surface area contributed by atoms with Gasteiger partial charge in [-0.05, 0) is 37.8 Å². The summed E-state index contributed by atoms with van der Waals surface area (Å²) in [6.07, 6.45) is 2.59. The van der Waals surface area contributed by atoms with Gasteiger partial charge in [0.25, 0.3) is 0 Å². The molecule has 0 bridgehead atoms. The highest BCUT2D eigenvalue weighted by atomic mass is 16.5. The molecule has 1 aliphatic rings. The summed E-state index contributed by atoms with van der Waals surface area (Å²) in [4.78, 5) is 28.0. The van der Waals surface area contributed by atoms with E-state index in [-0.39, 0.29) is 11.8 Å². The smallest absolute Gasteiger partial charge is 0.222 e. The van der Waals surface area contributed by atoms with Crippen LogP contribution >= 0.6 is 0 Å². The Balaban J connectivity index is 1.74. The Labute approximate surface area is 150 Å². The van der Waals surface area contributed by atoms with Gasteiger partial charge < -0.3 is 14.5 Å². The molecule has 0 radical (unpaired) electrons. The van der Waals surface area contributed by atoms with Gasteiger partial charge >= 0.3 is 0 Å². The van der Waals surface area contributed by atoms with Gasteiger partial charge in [0.05, 0.1) is 6.61 Å². The van der Waals surface area contributed by atoms with Gasteiger partial charge in [0, 0.05) is 39.0 Å². The van der Waals surface area contributed by atoms with Crippen LogP contribution in [0.2, 0.25) is 0 Å². The Kier molecular flexibility index (Phi) is 7.29. The van der Waals surface area contributed by atoms with E-state index in [4.69, 9.17) is 4.74 Å². The topological polar surface area (TPSA) is 49.9 Å². The lowest BCUT2D eigenvalue weighted by Crippen LogP contribution is -2.37. The second kappa shape index (κ2) is 9.44. The monoisotopic (exact) mass is 346 g/mol. The zero-order valence-electron chi connectivity index (χ0n) is 15.7. The van der Waals surface area contributed by atoms with Gasteiger partial charge in [0.1, 0.15) is 5.75 Å². The molecule has 0 N–H and O–H groups in total. The van der Waals surface area contributed by atoms with E-state index in [1.807, 2.05) is 48.8 Å². The molecule has 0 saturated carbocycles. The van der Waals surface area contributed by atoms with Crippen molar-refractivity contribution in [3.63, 3.8) is 0 Å². The fraction of sp³-hybridized carbons (Fsp3) is 0.600. The van der Waals surface area contributed by atoms with Crippen LogP contribution in [0.1, 0.15) is 43.7 Å². The fourth-order valence-corrected chi connectivity index (χ4v) is 3.22. The maximum atomic E-state index is 12.4. The number of rotatable bonds is 6. The molecule has 2 rings (SSSR count). The summed E-state index contributed by atoms with van der Waals surface area (Å²) in [5.74, 6) is 1.27. The molecule has 1 fully saturated rings. The van der Waals surface area contributed by atoms with Crippen molar-refractivity contribution < 1.29 is 14.3 Å². The number of nitrogens with zero attached hydrogens (tertiary/aromatic N) is 2. The summed E-state index contributed by atoms with van der Waals surface area (Å²) < 4.78 is 5.87. The molecule has 1 heterocycles. The zero-order valence-corrected chi connectivity index (χ0v) is 15.7. The Morgan fingerprint density at radius 3 is 2.20 bits per heavy atom. The number of carbonyl (C=O) groups excluding carboxylic acids is 2. The van der Waals surface area contributed by atoms with Crippen LogP contribution < -0.4 is 4.74 Å². The summed E-state index contributed by atoms with van der Waals surface area (Å²) in [5.41, 5.74) is 2.25. The molecule has 0 aliphatic carbocycles. The van der Waals surface area contributed by atoms with E-state index < -0.39 is 0 Å². The van der Waals surface area contributed by atoms with Crippen molar-refractivity contribution in [3.05, 3.63) is 29.3 Å². The van der Waals surface area contributed by atoms with Crippen molar-refractivity contribution in [1.82, 2.24) is 9.80 Å². The molecule has 138 valence electrons. The van der Waals surface area contributed by atoms with E-state index in [0.29, 0.717) is 39.0 Å². The highest BCUT2D eigenvalue weighted by molar-refractivity contribution is 5.77. The number of carbonyl (C=O) groups is 2. The number of hydrogen-bond donors (Lipinski definition) is 0. The van der Waals surface area contributed by atoms with Crippen LogP contribution in [0.3, 0.4) is 0 Å². The van der Waals surface area contributed by atoms with Gasteiger partial charge in [-0.3, -0.25) is 9.59 Å². The molecule has 1 aromatic rings. The third-order valence-electron chi connectivity index (χ3n) is 4.69. The zero-order chi connectivity index (χ0) is 18.2. The summed E-state index contributed by atoms with van der Waals surface area (Å²) in [6.45, 7) is 9.29. The molecule has 5 nitrogen and oxygen atoms in total. The van der Waals surface area contributed by atoms with Crippen molar-refractivity contribution in [2.75, 3.05) is 32.8 Å². The van der Waals surface area contributed by atoms with Crippen LogP contribution in [0.5, 0.6) is 5.75 Å². The molecular formula is C20H30N2O3. The molecule has 0 aromatic heterocycles. The minimum Gasteiger partial charge on any atom is -0.493 e. The first kappa shape index (κ1) is 19.3. The van der Waals surface area contributed by atoms with E-state index in [9.17, 15) is 9.59 Å². The third kappa shape index (κ3) is 5.48. The van der Waals surface area contributed by atoms with Crippen LogP contribution in [0.4, 0.5) is 0 Å². The van der Waals surface area contributed by atoms with Gasteiger partial charge in [-0.15, -0.1) is 0 Å². The number of amides is 2. The van der Waals surface area contributed by atoms with Crippen molar-refractivity contribution in [2.24, 2.45) is 0 Å². The molecule has 0 atom stereocenters. The molecule has 5 heteroatoms. The predicted molar refractivity (Wildman–Crippen MR) is 98.7 cm³/mol. The third-order valence-corrected chi connectivity index (χ3v) is 4.69. The minimum atomic E-state index is 0.163. The average molecular weight is 346 g/mol. The molecule has 2 amide bonds. The van der Waals surface area contributed by atoms with Crippen molar-refractivity contribution in [2.45, 2.75) is 46.5 Å². The van der Waals surface area contributed by atoms with Crippen LogP contribution in [0.15, 0.2) is 18.2 Å². The lowest BCUT2D eigenvalue weighted by atomic mass is 10.1. The van der Waals surface area contributed by atoms with E-state index in [2.05, 4.69) is 0 Å². The maximum absolute atomic E-state index is 12.4. The first-order valence-corrected chi connectivity index (χ1v) is 9.27. The normalized spacial score (nSPS) is 15.0. The Bertz CT molecular complexity index is 580. The summed E-state index contributed by atoms with van der Waals surface area (Å²) in [6, 6.07) is 6.09. The highest BCUT2D eigenvalue weighted by Gasteiger charge is 2.20. The minimum absolute atomic E-state index is 0.163. The van der Waals surface area contributed by atoms with Crippen molar-refractivity contribution in [1.29, 1.82) is 0 Å². The Morgan fingerprint density at radius 1 is 1.00 bits per heavy atom. The number of ether oxygens (including phenoxy) is 1. The largest absolute Gasteiger partial charge is 0.493 e. The summed E-state index contributed by atoms with van der Waals surface area (Å²) >= 11 is 0. The Hall–Kier alpha value is -2.04. The second-order valence-corrected chi connectivity index (χ2v) is 6.64. The lowest BCUT2D eigenvalue weighted by molar-refractivity contribution is -0.133. The highest BCUT2D eigenvalue weighted by Crippen LogP contribution is 2.22. The van der Waals surface area contributed by atoms with Gasteiger partial charge in [0.2, 0.25) is 11.8 Å². The molecular weight excluding hydrogens is 316 g/mol. The van der Waals surface area contributed by atoms with Crippen molar-refractivity contribution >= 4 is 11.8 Å². The number of benzene rings is 1. The SMILES string of the molecule is CCC(=O)N1CCCN(C(=O)CCCOc2c(C)cccc2C)CC1. The van der Waals surface area contributed by atoms with Crippen molar-refractivity contribution in [3.8, 4) is 5.75 Å². The molecule has 1 aliphatic heterocycles. The molecule has 25 heavy (non-hydrogen) atoms. The average Bonchev–Trinajstić information content (AvgIpc) is 2.86. The quantitative estimate of drug-likeness (QED) is 0.744. The number of hydrogen-bond acceptors (Lipinski definition) is 3. The molecule has 0 unspecified atom stereocenters. The van der Waals surface area contributed by atoms with Crippen LogP contribution in [0.25, 0.3) is 0 Å². The standard InChI is InChI=1S/C20H30N2O3/c1-4-18(23)21-11-7-12-22(14-13-21)19(24)10-6-15-25-20-16(2)8-5-9-17(20)3/h5,8-9H,4,6-7,10-15H2,1-3H3. The molecule has 1 aromatic carbocycles. The van der Waals surface area contributed by atoms with E-state index >= 15 is 0 Å². The number of aryl methyl sites for hydroxylation is 2. The van der Waals surface area contributed by atoms with Crippen LogP contribution in [-0.4, -0.2) is 54.4 Å². The van der Waals surface area contributed by atoms with Gasteiger partial charge in [-0.25, -0.2) is 0 Å². The van der Waals surface area contributed by atoms with Crippen LogP contribution in [0, 0.1) is 13.8 Å². The maximum Gasteiger partial charge on any atom is 0.222 e. The van der Waals surface area contributed by atoms with Crippen LogP contribution in [-0.2, 0) is 9.59 Å². The predicted octanol–water partition coefficient (Wildman–Crippen LogP) is 2.93.